The van der Waals surface area contributed by atoms with Gasteiger partial charge in [-0.3, -0.25) is 4.68 Å². The lowest BCUT2D eigenvalue weighted by Gasteiger charge is -2.15. The molecule has 0 aliphatic carbocycles. The number of hydrogen-bond acceptors (Lipinski definition) is 4. The summed E-state index contributed by atoms with van der Waals surface area (Å²) in [5, 5.41) is 8.56. The van der Waals surface area contributed by atoms with Crippen LogP contribution >= 0.6 is 0 Å². The lowest BCUT2D eigenvalue weighted by atomic mass is 10.1. The molecular formula is C14H15N5. The van der Waals surface area contributed by atoms with Gasteiger partial charge in [-0.25, -0.2) is 9.97 Å². The molecule has 0 spiro atoms. The van der Waals surface area contributed by atoms with E-state index in [0.717, 1.165) is 16.9 Å². The van der Waals surface area contributed by atoms with Crippen molar-refractivity contribution in [3.63, 3.8) is 0 Å². The van der Waals surface area contributed by atoms with E-state index < -0.39 is 0 Å². The van der Waals surface area contributed by atoms with Gasteiger partial charge in [-0.15, -0.1) is 0 Å². The number of rotatable bonds is 3. The first-order chi connectivity index (χ1) is 9.25. The van der Waals surface area contributed by atoms with Crippen LogP contribution in [0.15, 0.2) is 42.9 Å². The Bertz CT molecular complexity index is 689. The van der Waals surface area contributed by atoms with Crippen LogP contribution in [0.5, 0.6) is 0 Å². The molecule has 0 bridgehead atoms. The third-order valence-corrected chi connectivity index (χ3v) is 3.18. The highest BCUT2D eigenvalue weighted by Gasteiger charge is 2.11. The van der Waals surface area contributed by atoms with Gasteiger partial charge in [0.05, 0.1) is 11.6 Å². The van der Waals surface area contributed by atoms with Gasteiger partial charge in [0.2, 0.25) is 0 Å². The van der Waals surface area contributed by atoms with Gasteiger partial charge in [0, 0.05) is 13.1 Å². The van der Waals surface area contributed by atoms with E-state index in [1.807, 2.05) is 25.2 Å². The van der Waals surface area contributed by atoms with Crippen molar-refractivity contribution in [3.8, 4) is 0 Å². The Morgan fingerprint density at radius 1 is 1.16 bits per heavy atom. The molecule has 1 N–H and O–H groups in total. The van der Waals surface area contributed by atoms with Gasteiger partial charge < -0.3 is 5.32 Å². The van der Waals surface area contributed by atoms with Crippen LogP contribution in [0.4, 0.5) is 5.82 Å². The number of nitrogens with zero attached hydrogens (tertiary/aromatic N) is 4. The van der Waals surface area contributed by atoms with Crippen LogP contribution in [0.3, 0.4) is 0 Å². The largest absolute Gasteiger partial charge is 0.363 e. The van der Waals surface area contributed by atoms with Gasteiger partial charge in [0.25, 0.3) is 0 Å². The van der Waals surface area contributed by atoms with Crippen molar-refractivity contribution in [1.82, 2.24) is 19.7 Å². The summed E-state index contributed by atoms with van der Waals surface area (Å²) in [6.07, 6.45) is 3.35. The number of anilines is 1. The van der Waals surface area contributed by atoms with E-state index in [9.17, 15) is 0 Å². The predicted molar refractivity (Wildman–Crippen MR) is 74.8 cm³/mol. The van der Waals surface area contributed by atoms with E-state index in [2.05, 4.69) is 39.4 Å². The summed E-state index contributed by atoms with van der Waals surface area (Å²) in [4.78, 5) is 8.54. The summed E-state index contributed by atoms with van der Waals surface area (Å²) in [7, 11) is 1.87. The van der Waals surface area contributed by atoms with Crippen molar-refractivity contribution in [2.75, 3.05) is 5.32 Å². The number of hydrogen-bond donors (Lipinski definition) is 1. The number of benzene rings is 1. The molecule has 96 valence electrons. The zero-order valence-electron chi connectivity index (χ0n) is 10.9. The maximum atomic E-state index is 4.31. The Labute approximate surface area is 111 Å². The number of aryl methyl sites for hydroxylation is 1. The zero-order valence-corrected chi connectivity index (χ0v) is 10.9. The van der Waals surface area contributed by atoms with Crippen LogP contribution in [-0.4, -0.2) is 19.7 Å². The minimum Gasteiger partial charge on any atom is -0.363 e. The average Bonchev–Trinajstić information content (AvgIpc) is 2.83. The van der Waals surface area contributed by atoms with Crippen molar-refractivity contribution in [2.24, 2.45) is 7.05 Å². The van der Waals surface area contributed by atoms with E-state index in [1.165, 1.54) is 5.56 Å². The van der Waals surface area contributed by atoms with Crippen LogP contribution in [0.2, 0.25) is 0 Å². The molecular weight excluding hydrogens is 238 g/mol. The van der Waals surface area contributed by atoms with Gasteiger partial charge in [0.15, 0.2) is 5.65 Å². The fourth-order valence-corrected chi connectivity index (χ4v) is 2.11. The van der Waals surface area contributed by atoms with E-state index >= 15 is 0 Å². The number of aromatic nitrogens is 4. The molecule has 2 heterocycles. The molecule has 5 heteroatoms. The summed E-state index contributed by atoms with van der Waals surface area (Å²) >= 11 is 0. The molecule has 19 heavy (non-hydrogen) atoms. The van der Waals surface area contributed by atoms with Crippen LogP contribution in [-0.2, 0) is 7.05 Å². The van der Waals surface area contributed by atoms with Gasteiger partial charge in [-0.1, -0.05) is 30.3 Å². The highest BCUT2D eigenvalue weighted by molar-refractivity contribution is 5.86. The third kappa shape index (κ3) is 2.14. The van der Waals surface area contributed by atoms with Crippen LogP contribution in [0.1, 0.15) is 18.5 Å². The predicted octanol–water partition coefficient (Wildman–Crippen LogP) is 2.54. The highest BCUT2D eigenvalue weighted by Crippen LogP contribution is 2.23. The molecule has 3 rings (SSSR count). The zero-order chi connectivity index (χ0) is 13.2. The molecule has 0 unspecified atom stereocenters. The standard InChI is InChI=1S/C14H15N5/c1-10(11-6-4-3-5-7-11)18-13-12-8-17-19(2)14(12)16-9-15-13/h3-10H,1-2H3,(H,15,16,18)/t10-/m1/s1. The van der Waals surface area contributed by atoms with E-state index in [0.29, 0.717) is 0 Å². The van der Waals surface area contributed by atoms with Gasteiger partial charge in [0.1, 0.15) is 12.1 Å². The minimum absolute atomic E-state index is 0.180. The van der Waals surface area contributed by atoms with Crippen molar-refractivity contribution in [3.05, 3.63) is 48.4 Å². The summed E-state index contributed by atoms with van der Waals surface area (Å²) < 4.78 is 1.75. The summed E-state index contributed by atoms with van der Waals surface area (Å²) in [5.74, 6) is 0.814. The Kier molecular flexibility index (Phi) is 2.87. The molecule has 2 aromatic heterocycles. The Morgan fingerprint density at radius 3 is 2.74 bits per heavy atom. The monoisotopic (exact) mass is 253 g/mol. The fraction of sp³-hybridized carbons (Fsp3) is 0.214. The summed E-state index contributed by atoms with van der Waals surface area (Å²) in [6, 6.07) is 10.5. The quantitative estimate of drug-likeness (QED) is 0.779. The lowest BCUT2D eigenvalue weighted by Crippen LogP contribution is -2.08. The number of nitrogens with one attached hydrogen (secondary N) is 1. The second-order valence-electron chi connectivity index (χ2n) is 4.50. The lowest BCUT2D eigenvalue weighted by molar-refractivity contribution is 0.785. The first-order valence-corrected chi connectivity index (χ1v) is 6.20. The summed E-state index contributed by atoms with van der Waals surface area (Å²) in [5.41, 5.74) is 2.05. The minimum atomic E-state index is 0.180. The highest BCUT2D eigenvalue weighted by atomic mass is 15.3. The van der Waals surface area contributed by atoms with Gasteiger partial charge in [-0.05, 0) is 12.5 Å². The van der Waals surface area contributed by atoms with Crippen molar-refractivity contribution in [2.45, 2.75) is 13.0 Å². The maximum Gasteiger partial charge on any atom is 0.163 e. The molecule has 0 amide bonds. The molecule has 5 nitrogen and oxygen atoms in total. The first kappa shape index (κ1) is 11.6. The fourth-order valence-electron chi connectivity index (χ4n) is 2.11. The summed E-state index contributed by atoms with van der Waals surface area (Å²) in [6.45, 7) is 2.11. The van der Waals surface area contributed by atoms with E-state index in [1.54, 1.807) is 17.2 Å². The first-order valence-electron chi connectivity index (χ1n) is 6.20. The van der Waals surface area contributed by atoms with E-state index in [-0.39, 0.29) is 6.04 Å². The Balaban J connectivity index is 1.93. The third-order valence-electron chi connectivity index (χ3n) is 3.18. The Morgan fingerprint density at radius 2 is 1.95 bits per heavy atom. The molecule has 0 aliphatic rings. The van der Waals surface area contributed by atoms with E-state index in [4.69, 9.17) is 0 Å². The van der Waals surface area contributed by atoms with Crippen LogP contribution in [0, 0.1) is 0 Å². The van der Waals surface area contributed by atoms with Gasteiger partial charge >= 0.3 is 0 Å². The molecule has 0 saturated carbocycles. The smallest absolute Gasteiger partial charge is 0.163 e. The molecule has 0 fully saturated rings. The molecule has 0 aliphatic heterocycles. The van der Waals surface area contributed by atoms with Crippen molar-refractivity contribution >= 4 is 16.9 Å². The van der Waals surface area contributed by atoms with Crippen LogP contribution < -0.4 is 5.32 Å². The second kappa shape index (κ2) is 4.68. The Hall–Kier alpha value is -2.43. The molecule has 3 aromatic rings. The SMILES string of the molecule is C[C@@H](Nc1ncnc2c1cnn2C)c1ccccc1. The van der Waals surface area contributed by atoms with Crippen molar-refractivity contribution in [1.29, 1.82) is 0 Å². The number of fused-ring (bicyclic) bond motifs is 1. The molecule has 1 atom stereocenters. The topological polar surface area (TPSA) is 55.6 Å². The molecule has 0 radical (unpaired) electrons. The normalized spacial score (nSPS) is 12.5. The molecule has 0 saturated heterocycles. The van der Waals surface area contributed by atoms with Crippen LogP contribution in [0.25, 0.3) is 11.0 Å². The van der Waals surface area contributed by atoms with Crippen molar-refractivity contribution < 1.29 is 0 Å². The average molecular weight is 253 g/mol. The molecule has 1 aromatic carbocycles. The van der Waals surface area contributed by atoms with Gasteiger partial charge in [-0.2, -0.15) is 5.10 Å². The second-order valence-corrected chi connectivity index (χ2v) is 4.50. The maximum absolute atomic E-state index is 4.31.